The van der Waals surface area contributed by atoms with E-state index in [2.05, 4.69) is 28.1 Å². The van der Waals surface area contributed by atoms with Gasteiger partial charge >= 0.3 is 0 Å². The van der Waals surface area contributed by atoms with E-state index in [4.69, 9.17) is 0 Å². The van der Waals surface area contributed by atoms with Crippen LogP contribution in [0, 0.1) is 11.8 Å². The molecule has 0 radical (unpaired) electrons. The van der Waals surface area contributed by atoms with E-state index >= 15 is 0 Å². The quantitative estimate of drug-likeness (QED) is 0.374. The fourth-order valence-corrected chi connectivity index (χ4v) is 5.27. The summed E-state index contributed by atoms with van der Waals surface area (Å²) in [5, 5.41) is 0. The zero-order chi connectivity index (χ0) is 20.7. The second-order valence-electron chi connectivity index (χ2n) is 7.77. The molecule has 148 valence electrons. The van der Waals surface area contributed by atoms with Gasteiger partial charge in [-0.1, -0.05) is 84.9 Å². The number of anilines is 1. The highest BCUT2D eigenvalue weighted by Crippen LogP contribution is 2.50. The van der Waals surface area contributed by atoms with Crippen molar-refractivity contribution in [2.24, 2.45) is 11.8 Å². The van der Waals surface area contributed by atoms with Gasteiger partial charge < -0.3 is 0 Å². The van der Waals surface area contributed by atoms with Gasteiger partial charge in [0.05, 0.1) is 17.5 Å². The number of para-hydroxylation sites is 1. The summed E-state index contributed by atoms with van der Waals surface area (Å²) < 4.78 is 0.742. The van der Waals surface area contributed by atoms with Crippen molar-refractivity contribution in [3.63, 3.8) is 0 Å². The molecule has 1 aliphatic heterocycles. The number of nitrogens with zero attached hydrogens (tertiary/aromatic N) is 1. The lowest BCUT2D eigenvalue weighted by molar-refractivity contribution is -0.122. The zero-order valence-electron chi connectivity index (χ0n) is 16.2. The Bertz CT molecular complexity index is 1060. The van der Waals surface area contributed by atoms with Gasteiger partial charge in [0.1, 0.15) is 0 Å². The third-order valence-corrected chi connectivity index (χ3v) is 6.83. The van der Waals surface area contributed by atoms with Crippen molar-refractivity contribution < 1.29 is 9.59 Å². The van der Waals surface area contributed by atoms with Crippen molar-refractivity contribution in [1.29, 1.82) is 0 Å². The minimum absolute atomic E-state index is 0.125. The summed E-state index contributed by atoms with van der Waals surface area (Å²) in [5.74, 6) is -1.36. The molecule has 1 fully saturated rings. The molecule has 0 unspecified atom stereocenters. The van der Waals surface area contributed by atoms with Gasteiger partial charge in [-0.05, 0) is 39.2 Å². The normalized spacial score (nSPS) is 25.4. The van der Waals surface area contributed by atoms with E-state index in [1.807, 2.05) is 84.9 Å². The van der Waals surface area contributed by atoms with E-state index in [9.17, 15) is 9.59 Å². The number of carbonyl (C=O) groups is 2. The van der Waals surface area contributed by atoms with Crippen LogP contribution in [0.2, 0.25) is 0 Å². The largest absolute Gasteiger partial charge is 0.274 e. The van der Waals surface area contributed by atoms with Crippen LogP contribution in [-0.2, 0) is 9.59 Å². The average Bonchev–Trinajstić information content (AvgIpc) is 3.06. The number of hydrogen-bond acceptors (Lipinski definition) is 2. The number of carbonyl (C=O) groups excluding carboxylic acids is 2. The van der Waals surface area contributed by atoms with E-state index in [1.165, 1.54) is 4.90 Å². The summed E-state index contributed by atoms with van der Waals surface area (Å²) in [7, 11) is 0. The van der Waals surface area contributed by atoms with Crippen LogP contribution in [0.3, 0.4) is 0 Å². The number of amides is 2. The predicted octanol–water partition coefficient (Wildman–Crippen LogP) is 5.69. The number of imide groups is 1. The van der Waals surface area contributed by atoms with Crippen molar-refractivity contribution in [2.75, 3.05) is 4.90 Å². The Morgan fingerprint density at radius 1 is 0.600 bits per heavy atom. The lowest BCUT2D eigenvalue weighted by Crippen LogP contribution is -2.31. The Kier molecular flexibility index (Phi) is 4.87. The number of allylic oxidation sites excluding steroid dienone is 2. The van der Waals surface area contributed by atoms with Gasteiger partial charge in [0, 0.05) is 16.3 Å². The summed E-state index contributed by atoms with van der Waals surface area (Å²) in [5.41, 5.74) is 2.73. The van der Waals surface area contributed by atoms with E-state index in [1.54, 1.807) is 0 Å². The molecule has 1 aliphatic carbocycles. The van der Waals surface area contributed by atoms with E-state index in [-0.39, 0.29) is 23.7 Å². The maximum absolute atomic E-state index is 13.7. The van der Waals surface area contributed by atoms with Crippen LogP contribution in [0.15, 0.2) is 102 Å². The molecule has 4 atom stereocenters. The summed E-state index contributed by atoms with van der Waals surface area (Å²) in [4.78, 5) is 28.8. The first-order chi connectivity index (χ1) is 14.7. The molecule has 2 aliphatic rings. The molecule has 3 aromatic rings. The highest BCUT2D eigenvalue weighted by atomic mass is 79.9. The first-order valence-electron chi connectivity index (χ1n) is 10.1. The van der Waals surface area contributed by atoms with Crippen molar-refractivity contribution in [1.82, 2.24) is 0 Å². The number of hydrogen-bond donors (Lipinski definition) is 0. The van der Waals surface area contributed by atoms with Gasteiger partial charge in [-0.15, -0.1) is 0 Å². The molecule has 3 nitrogen and oxygen atoms in total. The Balaban J connectivity index is 1.65. The second kappa shape index (κ2) is 7.69. The Morgan fingerprint density at radius 2 is 1.03 bits per heavy atom. The fraction of sp³-hybridized carbons (Fsp3) is 0.154. The van der Waals surface area contributed by atoms with Gasteiger partial charge in [0.2, 0.25) is 11.8 Å². The monoisotopic (exact) mass is 457 g/mol. The van der Waals surface area contributed by atoms with Gasteiger partial charge in [0.15, 0.2) is 0 Å². The Morgan fingerprint density at radius 3 is 1.50 bits per heavy atom. The molecule has 0 bridgehead atoms. The molecule has 0 N–H and O–H groups in total. The summed E-state index contributed by atoms with van der Waals surface area (Å²) in [6, 6.07) is 27.4. The standard InChI is InChI=1S/C26H20BrNO2/c27-21-13-7-8-14-22(21)28-25(29)23-19(17-9-3-1-4-10-17)15-16-20(24(23)26(28)30)18-11-5-2-6-12-18/h1-16,19-20,23-24H/t19-,20-,23-,24+/m0/s1. The molecule has 1 heterocycles. The lowest BCUT2D eigenvalue weighted by atomic mass is 9.68. The molecule has 4 heteroatoms. The number of rotatable bonds is 3. The van der Waals surface area contributed by atoms with E-state index in [0.717, 1.165) is 15.6 Å². The van der Waals surface area contributed by atoms with E-state index in [0.29, 0.717) is 5.69 Å². The highest BCUT2D eigenvalue weighted by Gasteiger charge is 2.55. The molecule has 5 rings (SSSR count). The molecule has 1 saturated heterocycles. The SMILES string of the molecule is O=C1[C@@H]2[C@H](C(=O)N1c1ccccc1Br)[C@H](c1ccccc1)C=C[C@H]2c1ccccc1. The van der Waals surface area contributed by atoms with Crippen LogP contribution in [0.1, 0.15) is 23.0 Å². The topological polar surface area (TPSA) is 37.4 Å². The molecular formula is C26H20BrNO2. The molecule has 3 aromatic carbocycles. The maximum atomic E-state index is 13.7. The van der Waals surface area contributed by atoms with Crippen LogP contribution in [0.5, 0.6) is 0 Å². The highest BCUT2D eigenvalue weighted by molar-refractivity contribution is 9.10. The van der Waals surface area contributed by atoms with Crippen molar-refractivity contribution >= 4 is 33.4 Å². The van der Waals surface area contributed by atoms with Crippen molar-refractivity contribution in [3.8, 4) is 0 Å². The van der Waals surface area contributed by atoms with Gasteiger partial charge in [-0.2, -0.15) is 0 Å². The molecule has 0 saturated carbocycles. The zero-order valence-corrected chi connectivity index (χ0v) is 17.8. The minimum Gasteiger partial charge on any atom is -0.274 e. The van der Waals surface area contributed by atoms with Crippen molar-refractivity contribution in [2.45, 2.75) is 11.8 Å². The lowest BCUT2D eigenvalue weighted by Gasteiger charge is -2.32. The molecule has 0 aromatic heterocycles. The van der Waals surface area contributed by atoms with E-state index < -0.39 is 11.8 Å². The molecule has 30 heavy (non-hydrogen) atoms. The van der Waals surface area contributed by atoms with Crippen LogP contribution in [0.4, 0.5) is 5.69 Å². The third-order valence-electron chi connectivity index (χ3n) is 6.16. The fourth-order valence-electron chi connectivity index (χ4n) is 4.80. The predicted molar refractivity (Wildman–Crippen MR) is 121 cm³/mol. The third kappa shape index (κ3) is 3.03. The second-order valence-corrected chi connectivity index (χ2v) is 8.63. The Hall–Kier alpha value is -2.98. The summed E-state index contributed by atoms with van der Waals surface area (Å²) >= 11 is 3.52. The molecule has 2 amide bonds. The number of fused-ring (bicyclic) bond motifs is 1. The maximum Gasteiger partial charge on any atom is 0.238 e. The van der Waals surface area contributed by atoms with Gasteiger partial charge in [0.25, 0.3) is 0 Å². The summed E-state index contributed by atoms with van der Waals surface area (Å²) in [6.45, 7) is 0. The summed E-state index contributed by atoms with van der Waals surface area (Å²) in [6.07, 6.45) is 4.23. The van der Waals surface area contributed by atoms with Gasteiger partial charge in [-0.3, -0.25) is 9.59 Å². The number of halogens is 1. The van der Waals surface area contributed by atoms with Crippen LogP contribution in [-0.4, -0.2) is 11.8 Å². The first kappa shape index (κ1) is 19.0. The van der Waals surface area contributed by atoms with Crippen LogP contribution in [0.25, 0.3) is 0 Å². The molecular weight excluding hydrogens is 438 g/mol. The minimum atomic E-state index is -0.429. The average molecular weight is 458 g/mol. The smallest absolute Gasteiger partial charge is 0.238 e. The van der Waals surface area contributed by atoms with Crippen LogP contribution < -0.4 is 4.90 Å². The number of benzene rings is 3. The molecule has 0 spiro atoms. The van der Waals surface area contributed by atoms with Gasteiger partial charge in [-0.25, -0.2) is 4.90 Å². The first-order valence-corrected chi connectivity index (χ1v) is 10.9. The van der Waals surface area contributed by atoms with Crippen LogP contribution >= 0.6 is 15.9 Å². The van der Waals surface area contributed by atoms with Crippen molar-refractivity contribution in [3.05, 3.63) is 113 Å². The Labute approximate surface area is 184 Å².